The van der Waals surface area contributed by atoms with Gasteiger partial charge in [-0.15, -0.1) is 0 Å². The number of nitrogens with zero attached hydrogens (tertiary/aromatic N) is 2. The number of imidazole rings is 1. The number of aromatic nitrogens is 2. The van der Waals surface area contributed by atoms with Crippen LogP contribution in [-0.2, 0) is 24.2 Å². The van der Waals surface area contributed by atoms with Gasteiger partial charge in [-0.1, -0.05) is 6.07 Å². The average Bonchev–Trinajstić information content (AvgIpc) is 2.87. The largest absolute Gasteiger partial charge is 0.398 e. The number of nitrogen functional groups attached to an aromatic ring is 1. The third kappa shape index (κ3) is 2.77. The highest BCUT2D eigenvalue weighted by Gasteiger charge is 2.16. The number of fused-ring (bicyclic) bond motifs is 1. The molecular weight excluding hydrogens is 264 g/mol. The molecule has 1 aliphatic rings. The van der Waals surface area contributed by atoms with Crippen molar-refractivity contribution in [2.24, 2.45) is 0 Å². The molecule has 1 amide bonds. The SMILES string of the molecule is Cc1c(N)cccc1NC(=O)Cn1cnc2c1CCCC2. The zero-order valence-electron chi connectivity index (χ0n) is 12.2. The van der Waals surface area contributed by atoms with Crippen molar-refractivity contribution in [1.82, 2.24) is 9.55 Å². The molecule has 3 rings (SSSR count). The van der Waals surface area contributed by atoms with Crippen molar-refractivity contribution < 1.29 is 4.79 Å². The van der Waals surface area contributed by atoms with Gasteiger partial charge in [-0.3, -0.25) is 4.79 Å². The molecule has 0 saturated carbocycles. The van der Waals surface area contributed by atoms with E-state index in [0.29, 0.717) is 12.2 Å². The van der Waals surface area contributed by atoms with Gasteiger partial charge in [0, 0.05) is 17.1 Å². The summed E-state index contributed by atoms with van der Waals surface area (Å²) < 4.78 is 1.96. The predicted octanol–water partition coefficient (Wildman–Crippen LogP) is 2.29. The zero-order chi connectivity index (χ0) is 14.8. The van der Waals surface area contributed by atoms with E-state index in [-0.39, 0.29) is 5.91 Å². The van der Waals surface area contributed by atoms with E-state index < -0.39 is 0 Å². The normalized spacial score (nSPS) is 13.8. The Bertz CT molecular complexity index is 675. The molecule has 0 saturated heterocycles. The summed E-state index contributed by atoms with van der Waals surface area (Å²) in [6, 6.07) is 5.54. The van der Waals surface area contributed by atoms with E-state index in [4.69, 9.17) is 5.73 Å². The number of benzene rings is 1. The van der Waals surface area contributed by atoms with Gasteiger partial charge in [-0.05, 0) is 50.3 Å². The maximum Gasteiger partial charge on any atom is 0.244 e. The first-order valence-electron chi connectivity index (χ1n) is 7.33. The zero-order valence-corrected chi connectivity index (χ0v) is 12.2. The molecule has 3 N–H and O–H groups in total. The molecule has 0 aliphatic heterocycles. The third-order valence-corrected chi connectivity index (χ3v) is 4.07. The number of rotatable bonds is 3. The summed E-state index contributed by atoms with van der Waals surface area (Å²) in [5.74, 6) is -0.0468. The third-order valence-electron chi connectivity index (χ3n) is 4.07. The Morgan fingerprint density at radius 3 is 3.05 bits per heavy atom. The van der Waals surface area contributed by atoms with Gasteiger partial charge in [0.25, 0.3) is 0 Å². The van der Waals surface area contributed by atoms with Crippen molar-refractivity contribution in [1.29, 1.82) is 0 Å². The van der Waals surface area contributed by atoms with Crippen molar-refractivity contribution in [3.8, 4) is 0 Å². The number of anilines is 2. The van der Waals surface area contributed by atoms with E-state index in [1.807, 2.05) is 29.7 Å². The summed E-state index contributed by atoms with van der Waals surface area (Å²) >= 11 is 0. The lowest BCUT2D eigenvalue weighted by Crippen LogP contribution is -2.21. The molecule has 2 aromatic rings. The number of hydrogen-bond acceptors (Lipinski definition) is 3. The first kappa shape index (κ1) is 13.7. The molecule has 21 heavy (non-hydrogen) atoms. The van der Waals surface area contributed by atoms with E-state index in [9.17, 15) is 4.79 Å². The van der Waals surface area contributed by atoms with Crippen LogP contribution in [0.5, 0.6) is 0 Å². The monoisotopic (exact) mass is 284 g/mol. The predicted molar refractivity (Wildman–Crippen MR) is 83.1 cm³/mol. The summed E-state index contributed by atoms with van der Waals surface area (Å²) in [5, 5.41) is 2.93. The number of nitrogens with one attached hydrogen (secondary N) is 1. The van der Waals surface area contributed by atoms with Gasteiger partial charge in [-0.2, -0.15) is 0 Å². The number of carbonyl (C=O) groups excluding carboxylic acids is 1. The number of hydrogen-bond donors (Lipinski definition) is 2. The van der Waals surface area contributed by atoms with Crippen molar-refractivity contribution >= 4 is 17.3 Å². The average molecular weight is 284 g/mol. The maximum absolute atomic E-state index is 12.2. The topological polar surface area (TPSA) is 72.9 Å². The van der Waals surface area contributed by atoms with Crippen LogP contribution in [0.1, 0.15) is 29.8 Å². The molecule has 0 unspecified atom stereocenters. The van der Waals surface area contributed by atoms with Crippen LogP contribution in [0, 0.1) is 6.92 Å². The fraction of sp³-hybridized carbons (Fsp3) is 0.375. The minimum atomic E-state index is -0.0468. The Morgan fingerprint density at radius 2 is 2.19 bits per heavy atom. The molecule has 1 aromatic heterocycles. The van der Waals surface area contributed by atoms with Gasteiger partial charge in [0.1, 0.15) is 6.54 Å². The number of carbonyl (C=O) groups is 1. The Morgan fingerprint density at radius 1 is 1.38 bits per heavy atom. The van der Waals surface area contributed by atoms with Crippen LogP contribution in [0.2, 0.25) is 0 Å². The minimum absolute atomic E-state index is 0.0468. The maximum atomic E-state index is 12.2. The minimum Gasteiger partial charge on any atom is -0.398 e. The second-order valence-corrected chi connectivity index (χ2v) is 5.54. The summed E-state index contributed by atoms with van der Waals surface area (Å²) in [5.41, 5.74) is 10.6. The smallest absolute Gasteiger partial charge is 0.244 e. The van der Waals surface area contributed by atoms with Crippen molar-refractivity contribution in [3.05, 3.63) is 41.5 Å². The fourth-order valence-electron chi connectivity index (χ4n) is 2.80. The van der Waals surface area contributed by atoms with Crippen LogP contribution in [0.25, 0.3) is 0 Å². The first-order valence-corrected chi connectivity index (χ1v) is 7.33. The molecule has 1 aliphatic carbocycles. The summed E-state index contributed by atoms with van der Waals surface area (Å²) in [4.78, 5) is 16.6. The molecule has 0 fully saturated rings. The highest BCUT2D eigenvalue weighted by molar-refractivity contribution is 5.92. The molecule has 0 atom stereocenters. The van der Waals surface area contributed by atoms with Gasteiger partial charge in [0.2, 0.25) is 5.91 Å². The van der Waals surface area contributed by atoms with Crippen molar-refractivity contribution in [3.63, 3.8) is 0 Å². The van der Waals surface area contributed by atoms with Crippen LogP contribution in [-0.4, -0.2) is 15.5 Å². The number of aryl methyl sites for hydroxylation is 1. The Kier molecular flexibility index (Phi) is 3.64. The quantitative estimate of drug-likeness (QED) is 0.849. The lowest BCUT2D eigenvalue weighted by molar-refractivity contribution is -0.116. The highest BCUT2D eigenvalue weighted by Crippen LogP contribution is 2.22. The molecule has 1 heterocycles. The Balaban J connectivity index is 1.72. The van der Waals surface area contributed by atoms with E-state index >= 15 is 0 Å². The van der Waals surface area contributed by atoms with Gasteiger partial charge < -0.3 is 15.6 Å². The lowest BCUT2D eigenvalue weighted by atomic mass is 10.0. The molecule has 5 heteroatoms. The summed E-state index contributed by atoms with van der Waals surface area (Å²) in [7, 11) is 0. The van der Waals surface area contributed by atoms with Crippen LogP contribution >= 0.6 is 0 Å². The second kappa shape index (κ2) is 5.60. The molecule has 1 aromatic carbocycles. The van der Waals surface area contributed by atoms with E-state index in [2.05, 4.69) is 10.3 Å². The molecular formula is C16H20N4O. The number of nitrogens with two attached hydrogens (primary N) is 1. The Hall–Kier alpha value is -2.30. The summed E-state index contributed by atoms with van der Waals surface area (Å²) in [6.45, 7) is 2.21. The molecule has 0 bridgehead atoms. The van der Waals surface area contributed by atoms with Gasteiger partial charge >= 0.3 is 0 Å². The van der Waals surface area contributed by atoms with E-state index in [1.54, 1.807) is 6.33 Å². The molecule has 5 nitrogen and oxygen atoms in total. The van der Waals surface area contributed by atoms with Gasteiger partial charge in [0.05, 0.1) is 12.0 Å². The van der Waals surface area contributed by atoms with Crippen molar-refractivity contribution in [2.75, 3.05) is 11.1 Å². The van der Waals surface area contributed by atoms with Crippen molar-refractivity contribution in [2.45, 2.75) is 39.2 Å². The first-order chi connectivity index (χ1) is 10.1. The van der Waals surface area contributed by atoms with Gasteiger partial charge in [0.15, 0.2) is 0 Å². The van der Waals surface area contributed by atoms with Crippen LogP contribution in [0.4, 0.5) is 11.4 Å². The number of amides is 1. The van der Waals surface area contributed by atoms with E-state index in [0.717, 1.165) is 29.8 Å². The van der Waals surface area contributed by atoms with Crippen LogP contribution in [0.3, 0.4) is 0 Å². The standard InChI is InChI=1S/C16H20N4O/c1-11-12(17)5-4-7-13(11)19-16(21)9-20-10-18-14-6-2-3-8-15(14)20/h4-5,7,10H,2-3,6,8-9,17H2,1H3,(H,19,21). The summed E-state index contributed by atoms with van der Waals surface area (Å²) in [6.07, 6.45) is 6.19. The van der Waals surface area contributed by atoms with E-state index in [1.165, 1.54) is 18.5 Å². The lowest BCUT2D eigenvalue weighted by Gasteiger charge is -2.14. The fourth-order valence-corrected chi connectivity index (χ4v) is 2.80. The van der Waals surface area contributed by atoms with Gasteiger partial charge in [-0.25, -0.2) is 4.98 Å². The van der Waals surface area contributed by atoms with Crippen LogP contribution in [0.15, 0.2) is 24.5 Å². The molecule has 0 radical (unpaired) electrons. The molecule has 0 spiro atoms. The highest BCUT2D eigenvalue weighted by atomic mass is 16.1. The second-order valence-electron chi connectivity index (χ2n) is 5.54. The molecule has 110 valence electrons. The Labute approximate surface area is 124 Å². The van der Waals surface area contributed by atoms with Crippen LogP contribution < -0.4 is 11.1 Å².